The first kappa shape index (κ1) is 23.7. The van der Waals surface area contributed by atoms with Crippen LogP contribution in [0.25, 0.3) is 11.0 Å². The van der Waals surface area contributed by atoms with E-state index in [9.17, 15) is 9.59 Å². The lowest BCUT2D eigenvalue weighted by atomic mass is 10.1. The Morgan fingerprint density at radius 2 is 1.97 bits per heavy atom. The summed E-state index contributed by atoms with van der Waals surface area (Å²) in [7, 11) is 0. The van der Waals surface area contributed by atoms with Crippen molar-refractivity contribution in [3.05, 3.63) is 83.8 Å². The number of nitrogens with one attached hydrogen (secondary N) is 1. The van der Waals surface area contributed by atoms with Crippen molar-refractivity contribution in [3.63, 3.8) is 0 Å². The highest BCUT2D eigenvalue weighted by Gasteiger charge is 2.34. The van der Waals surface area contributed by atoms with E-state index < -0.39 is 6.04 Å². The first-order valence-electron chi connectivity index (χ1n) is 12.1. The van der Waals surface area contributed by atoms with Crippen molar-refractivity contribution < 1.29 is 18.7 Å². The number of aryl methyl sites for hydroxylation is 1. The van der Waals surface area contributed by atoms with Gasteiger partial charge in [0, 0.05) is 19.7 Å². The number of hydrogen-bond acceptors (Lipinski definition) is 6. The van der Waals surface area contributed by atoms with Crippen molar-refractivity contribution in [2.75, 3.05) is 13.2 Å². The van der Waals surface area contributed by atoms with Gasteiger partial charge in [-0.3, -0.25) is 9.59 Å². The SMILES string of the molecule is Cc1ccc(CN(C(=O)Cn2nnc3ccccc32)[C@@H](C(=O)NC[C@H]2CCCO2)c2ccco2)cc1. The molecule has 5 rings (SSSR count). The first-order valence-corrected chi connectivity index (χ1v) is 12.1. The van der Waals surface area contributed by atoms with Gasteiger partial charge in [0.15, 0.2) is 6.04 Å². The summed E-state index contributed by atoms with van der Waals surface area (Å²) in [4.78, 5) is 28.9. The van der Waals surface area contributed by atoms with E-state index in [-0.39, 0.29) is 31.0 Å². The molecule has 9 heteroatoms. The van der Waals surface area contributed by atoms with Crippen LogP contribution in [0.1, 0.15) is 35.8 Å². The molecular formula is C27H29N5O4. The lowest BCUT2D eigenvalue weighted by Gasteiger charge is -2.30. The number of furan rings is 1. The van der Waals surface area contributed by atoms with E-state index in [2.05, 4.69) is 15.6 Å². The summed E-state index contributed by atoms with van der Waals surface area (Å²) >= 11 is 0. The van der Waals surface area contributed by atoms with Crippen LogP contribution in [0.3, 0.4) is 0 Å². The summed E-state index contributed by atoms with van der Waals surface area (Å²) in [5, 5.41) is 11.3. The Bertz CT molecular complexity index is 1310. The van der Waals surface area contributed by atoms with Crippen LogP contribution in [-0.2, 0) is 27.4 Å². The van der Waals surface area contributed by atoms with E-state index >= 15 is 0 Å². The second kappa shape index (κ2) is 10.7. The molecule has 1 fully saturated rings. The van der Waals surface area contributed by atoms with Crippen LogP contribution < -0.4 is 5.32 Å². The molecule has 4 aromatic rings. The smallest absolute Gasteiger partial charge is 0.250 e. The Kier molecular flexibility index (Phi) is 7.08. The fourth-order valence-corrected chi connectivity index (χ4v) is 4.45. The average Bonchev–Trinajstić information content (AvgIpc) is 3.67. The average molecular weight is 488 g/mol. The summed E-state index contributed by atoms with van der Waals surface area (Å²) in [5.74, 6) is -0.201. The molecular weight excluding hydrogens is 458 g/mol. The van der Waals surface area contributed by atoms with E-state index in [0.29, 0.717) is 24.4 Å². The van der Waals surface area contributed by atoms with Gasteiger partial charge in [-0.2, -0.15) is 0 Å². The third kappa shape index (κ3) is 5.31. The second-order valence-corrected chi connectivity index (χ2v) is 9.04. The van der Waals surface area contributed by atoms with Crippen LogP contribution in [0.15, 0.2) is 71.3 Å². The molecule has 0 aliphatic carbocycles. The van der Waals surface area contributed by atoms with E-state index in [1.165, 1.54) is 6.26 Å². The number of carbonyl (C=O) groups is 2. The molecule has 2 aromatic carbocycles. The van der Waals surface area contributed by atoms with Gasteiger partial charge in [0.25, 0.3) is 5.91 Å². The third-order valence-electron chi connectivity index (χ3n) is 6.40. The Hall–Kier alpha value is -3.98. The summed E-state index contributed by atoms with van der Waals surface area (Å²) in [5.41, 5.74) is 3.47. The summed E-state index contributed by atoms with van der Waals surface area (Å²) < 4.78 is 12.9. The van der Waals surface area contributed by atoms with E-state index in [1.54, 1.807) is 21.7 Å². The van der Waals surface area contributed by atoms with Crippen LogP contribution in [0.2, 0.25) is 0 Å². The normalized spacial score (nSPS) is 16.2. The standard InChI is InChI=1S/C27H29N5O4/c1-19-10-12-20(13-11-19)17-31(25(33)18-32-23-8-3-2-7-22(23)29-30-32)26(24-9-5-15-36-24)27(34)28-16-21-6-4-14-35-21/h2-3,5,7-13,15,21,26H,4,6,14,16-18H2,1H3,(H,28,34)/t21-,26-/m1/s1. The minimum atomic E-state index is -0.954. The summed E-state index contributed by atoms with van der Waals surface area (Å²) in [6, 6.07) is 17.8. The maximum absolute atomic E-state index is 13.8. The minimum Gasteiger partial charge on any atom is -0.467 e. The molecule has 9 nitrogen and oxygen atoms in total. The van der Waals surface area contributed by atoms with Crippen molar-refractivity contribution in [1.82, 2.24) is 25.2 Å². The van der Waals surface area contributed by atoms with Crippen molar-refractivity contribution >= 4 is 22.8 Å². The van der Waals surface area contributed by atoms with Gasteiger partial charge in [-0.1, -0.05) is 47.2 Å². The number of ether oxygens (including phenoxy) is 1. The van der Waals surface area contributed by atoms with Gasteiger partial charge < -0.3 is 19.4 Å². The largest absolute Gasteiger partial charge is 0.467 e. The highest BCUT2D eigenvalue weighted by Crippen LogP contribution is 2.26. The zero-order valence-corrected chi connectivity index (χ0v) is 20.2. The van der Waals surface area contributed by atoms with E-state index in [1.807, 2.05) is 55.5 Å². The summed E-state index contributed by atoms with van der Waals surface area (Å²) in [6.07, 6.45) is 3.37. The van der Waals surface area contributed by atoms with Crippen LogP contribution >= 0.6 is 0 Å². The lowest BCUT2D eigenvalue weighted by Crippen LogP contribution is -2.46. The monoisotopic (exact) mass is 487 g/mol. The van der Waals surface area contributed by atoms with Crippen molar-refractivity contribution in [1.29, 1.82) is 0 Å². The van der Waals surface area contributed by atoms with Gasteiger partial charge in [0.1, 0.15) is 17.8 Å². The topological polar surface area (TPSA) is 102 Å². The fraction of sp³-hybridized carbons (Fsp3) is 0.333. The predicted octanol–water partition coefficient (Wildman–Crippen LogP) is 3.40. The highest BCUT2D eigenvalue weighted by molar-refractivity contribution is 5.88. The summed E-state index contributed by atoms with van der Waals surface area (Å²) in [6.45, 7) is 3.25. The molecule has 0 bridgehead atoms. The Balaban J connectivity index is 1.45. The van der Waals surface area contributed by atoms with E-state index in [4.69, 9.17) is 9.15 Å². The third-order valence-corrected chi connectivity index (χ3v) is 6.40. The molecule has 0 radical (unpaired) electrons. The van der Waals surface area contributed by atoms with Gasteiger partial charge in [0.2, 0.25) is 5.91 Å². The molecule has 1 saturated heterocycles. The first-order chi connectivity index (χ1) is 17.6. The van der Waals surface area contributed by atoms with Gasteiger partial charge in [-0.15, -0.1) is 5.10 Å². The zero-order valence-electron chi connectivity index (χ0n) is 20.2. The van der Waals surface area contributed by atoms with Crippen molar-refractivity contribution in [2.45, 2.75) is 45.0 Å². The van der Waals surface area contributed by atoms with Gasteiger partial charge in [0.05, 0.1) is 17.9 Å². The Morgan fingerprint density at radius 3 is 2.72 bits per heavy atom. The van der Waals surface area contributed by atoms with Gasteiger partial charge in [-0.05, 0) is 49.6 Å². The van der Waals surface area contributed by atoms with Crippen molar-refractivity contribution in [2.24, 2.45) is 0 Å². The number of rotatable bonds is 9. The molecule has 3 heterocycles. The second-order valence-electron chi connectivity index (χ2n) is 9.04. The lowest BCUT2D eigenvalue weighted by molar-refractivity contribution is -0.143. The Morgan fingerprint density at radius 1 is 1.14 bits per heavy atom. The minimum absolute atomic E-state index is 0.0195. The molecule has 2 aromatic heterocycles. The molecule has 0 unspecified atom stereocenters. The quantitative estimate of drug-likeness (QED) is 0.388. The number of hydrogen-bond donors (Lipinski definition) is 1. The molecule has 186 valence electrons. The molecule has 0 saturated carbocycles. The highest BCUT2D eigenvalue weighted by atomic mass is 16.5. The number of para-hydroxylation sites is 1. The number of aromatic nitrogens is 3. The molecule has 2 atom stereocenters. The van der Waals surface area contributed by atoms with Gasteiger partial charge in [-0.25, -0.2) is 4.68 Å². The fourth-order valence-electron chi connectivity index (χ4n) is 4.45. The molecule has 1 aliphatic heterocycles. The zero-order chi connectivity index (χ0) is 24.9. The van der Waals surface area contributed by atoms with E-state index in [0.717, 1.165) is 29.5 Å². The molecule has 1 aliphatic rings. The molecule has 1 N–H and O–H groups in total. The van der Waals surface area contributed by atoms with Gasteiger partial charge >= 0.3 is 0 Å². The number of carbonyl (C=O) groups excluding carboxylic acids is 2. The Labute approximate surface area is 209 Å². The van der Waals surface area contributed by atoms with Crippen LogP contribution in [-0.4, -0.2) is 51.0 Å². The van der Waals surface area contributed by atoms with Crippen LogP contribution in [0, 0.1) is 6.92 Å². The molecule has 2 amide bonds. The van der Waals surface area contributed by atoms with Crippen molar-refractivity contribution in [3.8, 4) is 0 Å². The molecule has 0 spiro atoms. The van der Waals surface area contributed by atoms with Crippen LogP contribution in [0.5, 0.6) is 0 Å². The maximum Gasteiger partial charge on any atom is 0.250 e. The number of fused-ring (bicyclic) bond motifs is 1. The van der Waals surface area contributed by atoms with Crippen LogP contribution in [0.4, 0.5) is 0 Å². The number of benzene rings is 2. The predicted molar refractivity (Wildman–Crippen MR) is 133 cm³/mol. The number of amides is 2. The molecule has 36 heavy (non-hydrogen) atoms. The maximum atomic E-state index is 13.8. The number of nitrogens with zero attached hydrogens (tertiary/aromatic N) is 4.